The number of hydrogen-bond acceptors (Lipinski definition) is 5. The van der Waals surface area contributed by atoms with E-state index in [1.54, 1.807) is 31.6 Å². The number of pyridine rings is 2. The molecule has 2 N–H and O–H groups in total. The predicted octanol–water partition coefficient (Wildman–Crippen LogP) is 2.64. The van der Waals surface area contributed by atoms with E-state index in [1.165, 1.54) is 11.1 Å². The van der Waals surface area contributed by atoms with E-state index in [0.717, 1.165) is 11.1 Å². The lowest BCUT2D eigenvalue weighted by molar-refractivity contribution is -0.129. The summed E-state index contributed by atoms with van der Waals surface area (Å²) in [5.41, 5.74) is 7.81. The minimum atomic E-state index is -1.39. The number of alkyl halides is 1. The molecule has 0 bridgehead atoms. The van der Waals surface area contributed by atoms with Gasteiger partial charge in [0.25, 0.3) is 5.91 Å². The van der Waals surface area contributed by atoms with E-state index in [2.05, 4.69) is 15.0 Å². The van der Waals surface area contributed by atoms with Gasteiger partial charge in [-0.3, -0.25) is 19.7 Å². The quantitative estimate of drug-likeness (QED) is 0.760. The molecule has 4 rings (SSSR count). The Balaban J connectivity index is 1.95. The van der Waals surface area contributed by atoms with E-state index in [1.807, 2.05) is 36.4 Å². The number of carbonyl (C=O) groups is 1. The highest BCUT2D eigenvalue weighted by molar-refractivity contribution is 6.09. The zero-order valence-electron chi connectivity index (χ0n) is 15.2. The Kier molecular flexibility index (Phi) is 4.35. The summed E-state index contributed by atoms with van der Waals surface area (Å²) in [5.74, 6) is -0.195. The summed E-state index contributed by atoms with van der Waals surface area (Å²) in [5, 5.41) is 0. The molecule has 0 fully saturated rings. The van der Waals surface area contributed by atoms with Crippen LogP contribution < -0.4 is 5.73 Å². The van der Waals surface area contributed by atoms with Crippen molar-refractivity contribution in [2.75, 3.05) is 7.05 Å². The first kappa shape index (κ1) is 17.8. The van der Waals surface area contributed by atoms with Gasteiger partial charge in [0.15, 0.2) is 11.5 Å². The SMILES string of the molecule is CN1C(=O)C(c2cccc(-c3cccnc3)c2)(c2ccnc(CF)c2)N=C1N. The van der Waals surface area contributed by atoms with Gasteiger partial charge in [-0.1, -0.05) is 24.3 Å². The number of likely N-dealkylation sites (N-methyl/N-ethyl adjacent to an activating group) is 1. The molecule has 3 aromatic rings. The summed E-state index contributed by atoms with van der Waals surface area (Å²) in [6.07, 6.45) is 4.93. The van der Waals surface area contributed by atoms with E-state index in [9.17, 15) is 9.18 Å². The highest BCUT2D eigenvalue weighted by Gasteiger charge is 2.49. The number of halogens is 1. The van der Waals surface area contributed by atoms with Crippen molar-refractivity contribution in [1.82, 2.24) is 14.9 Å². The minimum Gasteiger partial charge on any atom is -0.369 e. The smallest absolute Gasteiger partial charge is 0.266 e. The van der Waals surface area contributed by atoms with Crippen molar-refractivity contribution in [1.29, 1.82) is 0 Å². The van der Waals surface area contributed by atoms with E-state index in [0.29, 0.717) is 11.1 Å². The number of aromatic nitrogens is 2. The van der Waals surface area contributed by atoms with Crippen LogP contribution in [0, 0.1) is 0 Å². The number of nitrogens with two attached hydrogens (primary N) is 1. The Morgan fingerprint density at radius 1 is 1.07 bits per heavy atom. The number of nitrogens with zero attached hydrogens (tertiary/aromatic N) is 4. The van der Waals surface area contributed by atoms with Crippen LogP contribution in [-0.4, -0.2) is 33.8 Å². The fraction of sp³-hybridized carbons (Fsp3) is 0.143. The van der Waals surface area contributed by atoms with E-state index < -0.39 is 12.2 Å². The molecule has 7 heteroatoms. The van der Waals surface area contributed by atoms with Gasteiger partial charge in [-0.15, -0.1) is 0 Å². The maximum Gasteiger partial charge on any atom is 0.266 e. The van der Waals surface area contributed by atoms with E-state index in [4.69, 9.17) is 5.73 Å². The molecule has 140 valence electrons. The van der Waals surface area contributed by atoms with Gasteiger partial charge >= 0.3 is 0 Å². The lowest BCUT2D eigenvalue weighted by Crippen LogP contribution is -2.41. The van der Waals surface area contributed by atoms with Crippen molar-refractivity contribution < 1.29 is 9.18 Å². The molecule has 0 spiro atoms. The van der Waals surface area contributed by atoms with Gasteiger partial charge in [0.05, 0.1) is 5.69 Å². The van der Waals surface area contributed by atoms with Crippen molar-refractivity contribution in [2.24, 2.45) is 10.7 Å². The molecule has 1 atom stereocenters. The lowest BCUT2D eigenvalue weighted by atomic mass is 9.82. The molecule has 1 aromatic carbocycles. The normalized spacial score (nSPS) is 19.0. The highest BCUT2D eigenvalue weighted by Crippen LogP contribution is 2.40. The van der Waals surface area contributed by atoms with Crippen LogP contribution in [0.25, 0.3) is 11.1 Å². The first-order valence-electron chi connectivity index (χ1n) is 8.72. The molecule has 1 aliphatic rings. The molecule has 0 saturated heterocycles. The highest BCUT2D eigenvalue weighted by atomic mass is 19.1. The third-order valence-corrected chi connectivity index (χ3v) is 4.89. The zero-order chi connectivity index (χ0) is 19.7. The van der Waals surface area contributed by atoms with Crippen LogP contribution in [0.2, 0.25) is 0 Å². The lowest BCUT2D eigenvalue weighted by Gasteiger charge is -2.26. The molecular formula is C21H18FN5O. The van der Waals surface area contributed by atoms with Crippen molar-refractivity contribution in [3.63, 3.8) is 0 Å². The maximum absolute atomic E-state index is 13.3. The third-order valence-electron chi connectivity index (χ3n) is 4.89. The molecule has 1 unspecified atom stereocenters. The molecule has 28 heavy (non-hydrogen) atoms. The van der Waals surface area contributed by atoms with Crippen molar-refractivity contribution >= 4 is 11.9 Å². The Hall–Kier alpha value is -3.61. The van der Waals surface area contributed by atoms with Gasteiger partial charge in [-0.2, -0.15) is 0 Å². The maximum atomic E-state index is 13.3. The Morgan fingerprint density at radius 2 is 1.86 bits per heavy atom. The molecule has 2 aromatic heterocycles. The second kappa shape index (κ2) is 6.84. The van der Waals surface area contributed by atoms with Gasteiger partial charge in [0, 0.05) is 25.6 Å². The standard InChI is InChI=1S/C21H18FN5O/c1-27-19(28)21(26-20(27)23,17-7-9-25-18(11-17)12-22)16-6-2-4-14(10-16)15-5-3-8-24-13-15/h2-11,13H,12H2,1H3,(H2,23,26). The number of aliphatic imine (C=N–C) groups is 1. The van der Waals surface area contributed by atoms with Crippen LogP contribution in [0.4, 0.5) is 4.39 Å². The summed E-state index contributed by atoms with van der Waals surface area (Å²) < 4.78 is 13.2. The second-order valence-corrected chi connectivity index (χ2v) is 6.54. The summed E-state index contributed by atoms with van der Waals surface area (Å²) in [7, 11) is 1.57. The van der Waals surface area contributed by atoms with Crippen molar-refractivity contribution in [3.05, 3.63) is 83.9 Å². The summed E-state index contributed by atoms with van der Waals surface area (Å²) in [6.45, 7) is -0.733. The van der Waals surface area contributed by atoms with Crippen LogP contribution in [0.1, 0.15) is 16.8 Å². The van der Waals surface area contributed by atoms with Crippen molar-refractivity contribution in [2.45, 2.75) is 12.2 Å². The van der Waals surface area contributed by atoms with Crippen molar-refractivity contribution in [3.8, 4) is 11.1 Å². The minimum absolute atomic E-state index is 0.107. The van der Waals surface area contributed by atoms with Crippen LogP contribution in [0.3, 0.4) is 0 Å². The number of amides is 1. The fourth-order valence-corrected chi connectivity index (χ4v) is 3.42. The molecule has 6 nitrogen and oxygen atoms in total. The molecule has 0 saturated carbocycles. The Morgan fingerprint density at radius 3 is 2.54 bits per heavy atom. The van der Waals surface area contributed by atoms with E-state index in [-0.39, 0.29) is 17.6 Å². The first-order valence-corrected chi connectivity index (χ1v) is 8.72. The summed E-state index contributed by atoms with van der Waals surface area (Å²) in [6, 6.07) is 14.5. The van der Waals surface area contributed by atoms with E-state index >= 15 is 0 Å². The topological polar surface area (TPSA) is 84.5 Å². The largest absolute Gasteiger partial charge is 0.369 e. The van der Waals surface area contributed by atoms with Crippen LogP contribution in [0.5, 0.6) is 0 Å². The number of rotatable bonds is 4. The van der Waals surface area contributed by atoms with Crippen LogP contribution in [-0.2, 0) is 17.0 Å². The van der Waals surface area contributed by atoms with Gasteiger partial charge < -0.3 is 5.73 Å². The predicted molar refractivity (Wildman–Crippen MR) is 104 cm³/mol. The fourth-order valence-electron chi connectivity index (χ4n) is 3.42. The van der Waals surface area contributed by atoms with Crippen LogP contribution in [0.15, 0.2) is 72.1 Å². The van der Waals surface area contributed by atoms with Gasteiger partial charge in [-0.25, -0.2) is 9.38 Å². The summed E-state index contributed by atoms with van der Waals surface area (Å²) in [4.78, 5) is 27.3. The first-order chi connectivity index (χ1) is 13.6. The second-order valence-electron chi connectivity index (χ2n) is 6.54. The number of hydrogen-bond donors (Lipinski definition) is 1. The molecule has 1 aliphatic heterocycles. The third kappa shape index (κ3) is 2.72. The molecule has 1 amide bonds. The van der Waals surface area contributed by atoms with Gasteiger partial charge in [0.2, 0.25) is 0 Å². The van der Waals surface area contributed by atoms with Crippen LogP contribution >= 0.6 is 0 Å². The number of benzene rings is 1. The Labute approximate surface area is 161 Å². The zero-order valence-corrected chi connectivity index (χ0v) is 15.2. The van der Waals surface area contributed by atoms with Gasteiger partial charge in [-0.05, 0) is 46.5 Å². The Bertz CT molecular complexity index is 1070. The number of guanidine groups is 1. The average molecular weight is 375 g/mol. The number of carbonyl (C=O) groups excluding carboxylic acids is 1. The summed E-state index contributed by atoms with van der Waals surface area (Å²) >= 11 is 0. The molecule has 0 aliphatic carbocycles. The average Bonchev–Trinajstić information content (AvgIpc) is 2.99. The molecule has 3 heterocycles. The molecular weight excluding hydrogens is 357 g/mol. The van der Waals surface area contributed by atoms with Gasteiger partial charge in [0.1, 0.15) is 6.67 Å². The molecule has 0 radical (unpaired) electrons. The monoisotopic (exact) mass is 375 g/mol.